The van der Waals surface area contributed by atoms with Crippen LogP contribution in [0.15, 0.2) is 36.5 Å². The zero-order chi connectivity index (χ0) is 18.1. The highest BCUT2D eigenvalue weighted by atomic mass is 16.3. The molecular formula is C20H20N4O2. The lowest BCUT2D eigenvalue weighted by molar-refractivity contribution is -0.117. The second kappa shape index (κ2) is 6.77. The van der Waals surface area contributed by atoms with E-state index in [9.17, 15) is 15.2 Å². The van der Waals surface area contributed by atoms with Gasteiger partial charge in [-0.2, -0.15) is 5.26 Å². The molecule has 4 rings (SSSR count). The van der Waals surface area contributed by atoms with Crippen LogP contribution in [-0.4, -0.2) is 35.2 Å². The highest BCUT2D eigenvalue weighted by Gasteiger charge is 2.29. The van der Waals surface area contributed by atoms with Crippen LogP contribution in [0.1, 0.15) is 24.8 Å². The number of benzene rings is 1. The molecule has 1 amide bonds. The van der Waals surface area contributed by atoms with Crippen LogP contribution in [0.2, 0.25) is 0 Å². The number of nitrogens with zero attached hydrogens (tertiary/aromatic N) is 3. The zero-order valence-corrected chi connectivity index (χ0v) is 14.4. The number of rotatable bonds is 4. The molecule has 132 valence electrons. The molecule has 2 fully saturated rings. The minimum atomic E-state index is -0.334. The number of aliphatic hydroxyl groups excluding tert-OH is 1. The average Bonchev–Trinajstić information content (AvgIpc) is 3.43. The number of hydrogen-bond acceptors (Lipinski definition) is 5. The van der Waals surface area contributed by atoms with Gasteiger partial charge in [-0.3, -0.25) is 4.79 Å². The summed E-state index contributed by atoms with van der Waals surface area (Å²) in [5.74, 6) is 0.681. The Labute approximate surface area is 152 Å². The smallest absolute Gasteiger partial charge is 0.228 e. The molecule has 26 heavy (non-hydrogen) atoms. The Bertz CT molecular complexity index is 886. The number of pyridine rings is 1. The molecule has 6 nitrogen and oxygen atoms in total. The fourth-order valence-electron chi connectivity index (χ4n) is 3.29. The van der Waals surface area contributed by atoms with Crippen molar-refractivity contribution in [2.24, 2.45) is 5.92 Å². The quantitative estimate of drug-likeness (QED) is 0.886. The van der Waals surface area contributed by atoms with Gasteiger partial charge in [-0.15, -0.1) is 0 Å². The van der Waals surface area contributed by atoms with Crippen molar-refractivity contribution in [3.63, 3.8) is 0 Å². The van der Waals surface area contributed by atoms with Crippen molar-refractivity contribution in [1.82, 2.24) is 4.98 Å². The summed E-state index contributed by atoms with van der Waals surface area (Å²) >= 11 is 0. The van der Waals surface area contributed by atoms with Crippen molar-refractivity contribution < 1.29 is 9.90 Å². The fraction of sp³-hybridized carbons (Fsp3) is 0.350. The summed E-state index contributed by atoms with van der Waals surface area (Å²) in [5.41, 5.74) is 3.23. The van der Waals surface area contributed by atoms with Gasteiger partial charge in [0, 0.05) is 25.2 Å². The molecule has 2 N–H and O–H groups in total. The van der Waals surface area contributed by atoms with Crippen LogP contribution >= 0.6 is 0 Å². The van der Waals surface area contributed by atoms with E-state index in [4.69, 9.17) is 0 Å². The number of aliphatic hydroxyl groups is 1. The van der Waals surface area contributed by atoms with Gasteiger partial charge in [0.2, 0.25) is 5.91 Å². The van der Waals surface area contributed by atoms with E-state index in [1.165, 1.54) is 0 Å². The second-order valence-corrected chi connectivity index (χ2v) is 6.93. The zero-order valence-electron chi connectivity index (χ0n) is 14.4. The number of nitrogens with one attached hydrogen (secondary N) is 1. The first kappa shape index (κ1) is 16.6. The van der Waals surface area contributed by atoms with Gasteiger partial charge in [0.05, 0.1) is 17.4 Å². The molecule has 2 heterocycles. The maximum Gasteiger partial charge on any atom is 0.228 e. The van der Waals surface area contributed by atoms with Crippen LogP contribution < -0.4 is 10.2 Å². The Hall–Kier alpha value is -2.91. The molecule has 1 aliphatic heterocycles. The SMILES string of the molecule is N#Cc1cc(-c2ccnc(NC(=O)C3CC3)c2)ccc1N1CC[C@H](O)C1. The Morgan fingerprint density at radius 3 is 2.73 bits per heavy atom. The van der Waals surface area contributed by atoms with Crippen LogP contribution in [0.4, 0.5) is 11.5 Å². The monoisotopic (exact) mass is 348 g/mol. The van der Waals surface area contributed by atoms with Gasteiger partial charge in [-0.1, -0.05) is 6.07 Å². The summed E-state index contributed by atoms with van der Waals surface area (Å²) in [4.78, 5) is 18.2. The van der Waals surface area contributed by atoms with Gasteiger partial charge in [-0.05, 0) is 54.7 Å². The molecule has 1 saturated carbocycles. The lowest BCUT2D eigenvalue weighted by Gasteiger charge is -2.19. The molecule has 0 radical (unpaired) electrons. The van der Waals surface area contributed by atoms with Gasteiger partial charge in [0.1, 0.15) is 11.9 Å². The summed E-state index contributed by atoms with van der Waals surface area (Å²) in [5, 5.41) is 22.1. The molecule has 1 aromatic heterocycles. The third-order valence-corrected chi connectivity index (χ3v) is 4.91. The van der Waals surface area contributed by atoms with Crippen molar-refractivity contribution in [3.05, 3.63) is 42.1 Å². The number of amides is 1. The predicted molar refractivity (Wildman–Crippen MR) is 98.6 cm³/mol. The highest BCUT2D eigenvalue weighted by molar-refractivity contribution is 5.93. The summed E-state index contributed by atoms with van der Waals surface area (Å²) in [6, 6.07) is 11.7. The molecule has 2 aromatic rings. The third kappa shape index (κ3) is 3.39. The lowest BCUT2D eigenvalue weighted by Crippen LogP contribution is -2.22. The van der Waals surface area contributed by atoms with E-state index < -0.39 is 0 Å². The van der Waals surface area contributed by atoms with Crippen molar-refractivity contribution in [1.29, 1.82) is 5.26 Å². The van der Waals surface area contributed by atoms with E-state index in [0.717, 1.165) is 42.6 Å². The molecule has 0 unspecified atom stereocenters. The number of anilines is 2. The van der Waals surface area contributed by atoms with E-state index in [2.05, 4.69) is 16.4 Å². The van der Waals surface area contributed by atoms with Crippen LogP contribution in [0.25, 0.3) is 11.1 Å². The summed E-state index contributed by atoms with van der Waals surface area (Å²) in [6.45, 7) is 1.31. The third-order valence-electron chi connectivity index (χ3n) is 4.91. The Morgan fingerprint density at radius 1 is 1.23 bits per heavy atom. The number of carbonyl (C=O) groups is 1. The van der Waals surface area contributed by atoms with Crippen LogP contribution in [0.5, 0.6) is 0 Å². The Balaban J connectivity index is 1.59. The minimum Gasteiger partial charge on any atom is -0.391 e. The van der Waals surface area contributed by atoms with Crippen LogP contribution in [0, 0.1) is 17.2 Å². The van der Waals surface area contributed by atoms with Crippen LogP contribution in [-0.2, 0) is 4.79 Å². The molecule has 1 atom stereocenters. The van der Waals surface area contributed by atoms with Gasteiger partial charge in [0.15, 0.2) is 0 Å². The molecule has 1 saturated heterocycles. The van der Waals surface area contributed by atoms with Crippen molar-refractivity contribution in [2.75, 3.05) is 23.3 Å². The lowest BCUT2D eigenvalue weighted by atomic mass is 10.0. The van der Waals surface area contributed by atoms with E-state index in [1.807, 2.05) is 35.2 Å². The summed E-state index contributed by atoms with van der Waals surface area (Å²) in [7, 11) is 0. The van der Waals surface area contributed by atoms with Gasteiger partial charge < -0.3 is 15.3 Å². The Kier molecular flexibility index (Phi) is 4.31. The molecule has 0 spiro atoms. The highest BCUT2D eigenvalue weighted by Crippen LogP contribution is 2.32. The average molecular weight is 348 g/mol. The predicted octanol–water partition coefficient (Wildman–Crippen LogP) is 2.54. The van der Waals surface area contributed by atoms with Crippen molar-refractivity contribution in [3.8, 4) is 17.2 Å². The topological polar surface area (TPSA) is 89.2 Å². The molecule has 6 heteroatoms. The summed E-state index contributed by atoms with van der Waals surface area (Å²) < 4.78 is 0. The maximum absolute atomic E-state index is 11.9. The van der Waals surface area contributed by atoms with Crippen molar-refractivity contribution in [2.45, 2.75) is 25.4 Å². The maximum atomic E-state index is 11.9. The van der Waals surface area contributed by atoms with Crippen LogP contribution in [0.3, 0.4) is 0 Å². The number of carbonyl (C=O) groups excluding carboxylic acids is 1. The molecule has 0 bridgehead atoms. The summed E-state index contributed by atoms with van der Waals surface area (Å²) in [6.07, 6.45) is 3.95. The molecular weight excluding hydrogens is 328 g/mol. The first-order valence-corrected chi connectivity index (χ1v) is 8.88. The first-order chi connectivity index (χ1) is 12.6. The molecule has 1 aromatic carbocycles. The second-order valence-electron chi connectivity index (χ2n) is 6.93. The van der Waals surface area contributed by atoms with Gasteiger partial charge in [-0.25, -0.2) is 4.98 Å². The van der Waals surface area contributed by atoms with E-state index in [-0.39, 0.29) is 17.9 Å². The molecule has 1 aliphatic carbocycles. The van der Waals surface area contributed by atoms with E-state index in [0.29, 0.717) is 17.9 Å². The Morgan fingerprint density at radius 2 is 2.04 bits per heavy atom. The van der Waals surface area contributed by atoms with Crippen molar-refractivity contribution >= 4 is 17.4 Å². The first-order valence-electron chi connectivity index (χ1n) is 8.88. The van der Waals surface area contributed by atoms with E-state index in [1.54, 1.807) is 6.20 Å². The number of hydrogen-bond donors (Lipinski definition) is 2. The number of nitriles is 1. The normalized spacial score (nSPS) is 19.2. The molecule has 2 aliphatic rings. The minimum absolute atomic E-state index is 0.0234. The van der Waals surface area contributed by atoms with Gasteiger partial charge in [0.25, 0.3) is 0 Å². The van der Waals surface area contributed by atoms with E-state index >= 15 is 0 Å². The fourth-order valence-corrected chi connectivity index (χ4v) is 3.29. The standard InChI is InChI=1S/C20H20N4O2/c21-11-16-9-14(3-4-18(16)24-8-6-17(25)12-24)15-5-7-22-19(10-15)23-20(26)13-1-2-13/h3-5,7,9-10,13,17,25H,1-2,6,8,12H2,(H,22,23,26)/t17-/m0/s1. The number of β-amino-alcohol motifs (C(OH)–C–C–N with tert-alkyl or cyclic N) is 1. The van der Waals surface area contributed by atoms with Gasteiger partial charge >= 0.3 is 0 Å². The largest absolute Gasteiger partial charge is 0.391 e. The number of aromatic nitrogens is 1.